The van der Waals surface area contributed by atoms with Gasteiger partial charge in [0.05, 0.1) is 26.9 Å². The smallest absolute Gasteiger partial charge is 0.235 e. The molecule has 4 aromatic heterocycles. The van der Waals surface area contributed by atoms with Gasteiger partial charge in [0.1, 0.15) is 0 Å². The van der Waals surface area contributed by atoms with Crippen molar-refractivity contribution < 1.29 is 0 Å². The van der Waals surface area contributed by atoms with E-state index < -0.39 is 0 Å². The highest BCUT2D eigenvalue weighted by atomic mass is 32.1. The van der Waals surface area contributed by atoms with Crippen molar-refractivity contribution in [2.24, 2.45) is 0 Å². The molecule has 0 unspecified atom stereocenters. The molecule has 47 heavy (non-hydrogen) atoms. The maximum atomic E-state index is 5.42. The van der Waals surface area contributed by atoms with Crippen LogP contribution in [-0.2, 0) is 0 Å². The van der Waals surface area contributed by atoms with E-state index in [2.05, 4.69) is 144 Å². The number of thiophene rings is 2. The number of benzene rings is 7. The van der Waals surface area contributed by atoms with Crippen molar-refractivity contribution in [2.75, 3.05) is 0 Å². The third-order valence-electron chi connectivity index (χ3n) is 9.59. The van der Waals surface area contributed by atoms with Crippen LogP contribution in [0.2, 0.25) is 0 Å². The van der Waals surface area contributed by atoms with E-state index in [1.165, 1.54) is 67.4 Å². The Morgan fingerprint density at radius 1 is 0.426 bits per heavy atom. The second kappa shape index (κ2) is 9.46. The molecule has 4 heterocycles. The van der Waals surface area contributed by atoms with Crippen molar-refractivity contribution in [2.45, 2.75) is 0 Å². The second-order valence-electron chi connectivity index (χ2n) is 12.1. The normalized spacial score (nSPS) is 12.3. The summed E-state index contributed by atoms with van der Waals surface area (Å²) in [6, 6.07) is 50.0. The highest BCUT2D eigenvalue weighted by Gasteiger charge is 2.25. The summed E-state index contributed by atoms with van der Waals surface area (Å²) in [5.74, 6) is 0.689. The standard InChI is InChI=1S/C42H23N3S2/c1-2-12-24(13-3-1)39-25-14-4-8-18-30(25)43-42(44-39)45-31-19-9-5-15-26(31)38-37-29(22-23-34-36(37)28-17-7-10-20-32(28)46-34)35-27-16-6-11-21-33(27)47-41(35)40(38)45/h1-23H. The predicted molar refractivity (Wildman–Crippen MR) is 203 cm³/mol. The Kier molecular flexibility index (Phi) is 5.14. The van der Waals surface area contributed by atoms with Crippen LogP contribution in [0, 0.1) is 0 Å². The summed E-state index contributed by atoms with van der Waals surface area (Å²) < 4.78 is 7.51. The molecule has 0 atom stereocenters. The fourth-order valence-corrected chi connectivity index (χ4v) is 10.0. The second-order valence-corrected chi connectivity index (χ2v) is 14.2. The van der Waals surface area contributed by atoms with Crippen LogP contribution in [0.15, 0.2) is 140 Å². The molecule has 218 valence electrons. The van der Waals surface area contributed by atoms with E-state index >= 15 is 0 Å². The molecule has 0 fully saturated rings. The molecule has 0 bridgehead atoms. The third kappa shape index (κ3) is 3.45. The molecule has 0 N–H and O–H groups in total. The first kappa shape index (κ1) is 25.6. The first-order valence-electron chi connectivity index (χ1n) is 15.8. The molecule has 0 saturated heterocycles. The minimum Gasteiger partial charge on any atom is -0.276 e. The number of nitrogens with zero attached hydrogens (tertiary/aromatic N) is 3. The molecule has 0 spiro atoms. The summed E-state index contributed by atoms with van der Waals surface area (Å²) in [7, 11) is 0. The van der Waals surface area contributed by atoms with Gasteiger partial charge in [0.15, 0.2) is 0 Å². The van der Waals surface area contributed by atoms with Gasteiger partial charge >= 0.3 is 0 Å². The van der Waals surface area contributed by atoms with Crippen molar-refractivity contribution in [3.8, 4) is 17.2 Å². The number of para-hydroxylation sites is 2. The zero-order valence-corrected chi connectivity index (χ0v) is 26.6. The van der Waals surface area contributed by atoms with Crippen LogP contribution in [0.4, 0.5) is 0 Å². The molecule has 3 nitrogen and oxygen atoms in total. The van der Waals surface area contributed by atoms with E-state index in [1.54, 1.807) is 0 Å². The van der Waals surface area contributed by atoms with Gasteiger partial charge in [-0.2, -0.15) is 0 Å². The van der Waals surface area contributed by atoms with Crippen molar-refractivity contribution >= 4 is 106 Å². The molecule has 0 amide bonds. The van der Waals surface area contributed by atoms with E-state index in [0.29, 0.717) is 5.95 Å². The molecule has 5 heteroatoms. The molecular formula is C42H23N3S2. The van der Waals surface area contributed by atoms with Crippen LogP contribution in [-0.4, -0.2) is 14.5 Å². The summed E-state index contributed by atoms with van der Waals surface area (Å²) in [6.07, 6.45) is 0. The van der Waals surface area contributed by atoms with Crippen LogP contribution in [0.1, 0.15) is 0 Å². The van der Waals surface area contributed by atoms with Crippen molar-refractivity contribution in [1.29, 1.82) is 0 Å². The fourth-order valence-electron chi connectivity index (χ4n) is 7.66. The Balaban J connectivity index is 1.43. The van der Waals surface area contributed by atoms with Crippen LogP contribution in [0.3, 0.4) is 0 Å². The average molecular weight is 634 g/mol. The highest BCUT2D eigenvalue weighted by Crippen LogP contribution is 2.51. The summed E-state index contributed by atoms with van der Waals surface area (Å²) in [5, 5.41) is 11.4. The Morgan fingerprint density at radius 3 is 1.91 bits per heavy atom. The largest absolute Gasteiger partial charge is 0.276 e. The maximum Gasteiger partial charge on any atom is 0.235 e. The van der Waals surface area contributed by atoms with Crippen molar-refractivity contribution in [3.05, 3.63) is 140 Å². The van der Waals surface area contributed by atoms with Gasteiger partial charge in [0.25, 0.3) is 0 Å². The first-order valence-corrected chi connectivity index (χ1v) is 17.4. The minimum atomic E-state index is 0.689. The molecule has 7 aromatic carbocycles. The van der Waals surface area contributed by atoms with Crippen LogP contribution in [0.5, 0.6) is 0 Å². The molecule has 11 aromatic rings. The van der Waals surface area contributed by atoms with Gasteiger partial charge in [0, 0.05) is 62.8 Å². The molecule has 0 aliphatic rings. The van der Waals surface area contributed by atoms with Crippen LogP contribution in [0.25, 0.3) is 101 Å². The van der Waals surface area contributed by atoms with Crippen LogP contribution < -0.4 is 0 Å². The Labute approximate surface area is 276 Å². The van der Waals surface area contributed by atoms with E-state index in [-0.39, 0.29) is 0 Å². The van der Waals surface area contributed by atoms with Crippen molar-refractivity contribution in [1.82, 2.24) is 14.5 Å². The van der Waals surface area contributed by atoms with Gasteiger partial charge in [-0.1, -0.05) is 109 Å². The molecular weight excluding hydrogens is 611 g/mol. The number of aromatic nitrogens is 3. The van der Waals surface area contributed by atoms with Gasteiger partial charge in [-0.3, -0.25) is 4.57 Å². The molecule has 0 radical (unpaired) electrons. The predicted octanol–water partition coefficient (Wildman–Crippen LogP) is 12.3. The Bertz CT molecular complexity index is 3070. The summed E-state index contributed by atoms with van der Waals surface area (Å²) in [4.78, 5) is 10.7. The summed E-state index contributed by atoms with van der Waals surface area (Å²) in [6.45, 7) is 0. The zero-order chi connectivity index (χ0) is 30.6. The quantitative estimate of drug-likeness (QED) is 0.190. The van der Waals surface area contributed by atoms with Gasteiger partial charge in [-0.05, 0) is 35.7 Å². The van der Waals surface area contributed by atoms with Crippen LogP contribution >= 0.6 is 22.7 Å². The Morgan fingerprint density at radius 2 is 1.09 bits per heavy atom. The SMILES string of the molecule is c1ccc(-c2nc(-n3c4ccccc4c4c5c(ccc6sc7ccccc7c65)c5c6ccccc6sc5c43)nc3ccccc23)cc1. The molecule has 0 aliphatic heterocycles. The van der Waals surface area contributed by atoms with Gasteiger partial charge in [-0.15, -0.1) is 22.7 Å². The lowest BCUT2D eigenvalue weighted by Gasteiger charge is -2.13. The van der Waals surface area contributed by atoms with Crippen molar-refractivity contribution in [3.63, 3.8) is 0 Å². The number of fused-ring (bicyclic) bond motifs is 15. The fraction of sp³-hybridized carbons (Fsp3) is 0. The molecule has 0 saturated carbocycles. The van der Waals surface area contributed by atoms with E-state index in [9.17, 15) is 0 Å². The number of hydrogen-bond donors (Lipinski definition) is 0. The van der Waals surface area contributed by atoms with Gasteiger partial charge in [-0.25, -0.2) is 9.97 Å². The van der Waals surface area contributed by atoms with Gasteiger partial charge in [0.2, 0.25) is 5.95 Å². The zero-order valence-electron chi connectivity index (χ0n) is 24.9. The topological polar surface area (TPSA) is 30.7 Å². The third-order valence-corrected chi connectivity index (χ3v) is 11.9. The minimum absolute atomic E-state index is 0.689. The lowest BCUT2D eigenvalue weighted by molar-refractivity contribution is 1.02. The van der Waals surface area contributed by atoms with Gasteiger partial charge < -0.3 is 0 Å². The average Bonchev–Trinajstić information content (AvgIpc) is 3.81. The lowest BCUT2D eigenvalue weighted by Crippen LogP contribution is -2.03. The first-order chi connectivity index (χ1) is 23.3. The summed E-state index contributed by atoms with van der Waals surface area (Å²) >= 11 is 3.75. The monoisotopic (exact) mass is 633 g/mol. The highest BCUT2D eigenvalue weighted by molar-refractivity contribution is 7.27. The van der Waals surface area contributed by atoms with E-state index in [0.717, 1.165) is 27.7 Å². The number of rotatable bonds is 2. The lowest BCUT2D eigenvalue weighted by atomic mass is 9.95. The summed E-state index contributed by atoms with van der Waals surface area (Å²) in [5.41, 5.74) is 5.24. The number of hydrogen-bond acceptors (Lipinski definition) is 4. The maximum absolute atomic E-state index is 5.42. The van der Waals surface area contributed by atoms with E-state index in [4.69, 9.17) is 9.97 Å². The molecule has 0 aliphatic carbocycles. The Hall–Kier alpha value is -5.62. The van der Waals surface area contributed by atoms with E-state index in [1.807, 2.05) is 22.7 Å². The molecule has 11 rings (SSSR count).